The third-order valence-corrected chi connectivity index (χ3v) is 5.09. The van der Waals surface area contributed by atoms with Crippen molar-refractivity contribution in [3.8, 4) is 0 Å². The van der Waals surface area contributed by atoms with Crippen molar-refractivity contribution < 1.29 is 9.84 Å². The molecule has 0 spiro atoms. The molecule has 1 aromatic carbocycles. The lowest BCUT2D eigenvalue weighted by molar-refractivity contribution is 0.0262. The lowest BCUT2D eigenvalue weighted by atomic mass is 10.1. The van der Waals surface area contributed by atoms with Gasteiger partial charge in [-0.2, -0.15) is 0 Å². The molecule has 4 heteroatoms. The van der Waals surface area contributed by atoms with E-state index in [1.165, 1.54) is 11.1 Å². The Bertz CT molecular complexity index is 526. The third kappa shape index (κ3) is 4.90. The fourth-order valence-corrected chi connectivity index (χ4v) is 3.90. The number of hydrogen-bond acceptors (Lipinski definition) is 4. The Morgan fingerprint density at radius 1 is 1.29 bits per heavy atom. The normalized spacial score (nSPS) is 26.8. The maximum Gasteiger partial charge on any atom is 0.0682 e. The summed E-state index contributed by atoms with van der Waals surface area (Å²) in [5, 5.41) is 13.7. The van der Waals surface area contributed by atoms with Crippen molar-refractivity contribution >= 4 is 6.08 Å². The van der Waals surface area contributed by atoms with Crippen LogP contribution in [0, 0.1) is 0 Å². The lowest BCUT2D eigenvalue weighted by Crippen LogP contribution is -2.46. The van der Waals surface area contributed by atoms with Crippen LogP contribution in [0.5, 0.6) is 0 Å². The molecule has 2 saturated heterocycles. The van der Waals surface area contributed by atoms with Gasteiger partial charge in [0, 0.05) is 44.9 Å². The van der Waals surface area contributed by atoms with Gasteiger partial charge in [-0.25, -0.2) is 0 Å². The summed E-state index contributed by atoms with van der Waals surface area (Å²) in [5.74, 6) is 0. The summed E-state index contributed by atoms with van der Waals surface area (Å²) in [6.45, 7) is 6.53. The summed E-state index contributed by atoms with van der Waals surface area (Å²) in [6.07, 6.45) is 5.12. The zero-order valence-corrected chi connectivity index (χ0v) is 14.7. The van der Waals surface area contributed by atoms with Gasteiger partial charge >= 0.3 is 0 Å². The largest absolute Gasteiger partial charge is 0.392 e. The van der Waals surface area contributed by atoms with E-state index in [1.54, 1.807) is 0 Å². The molecule has 132 valence electrons. The van der Waals surface area contributed by atoms with Crippen molar-refractivity contribution in [3.05, 3.63) is 41.5 Å². The number of benzene rings is 1. The van der Waals surface area contributed by atoms with Gasteiger partial charge in [-0.15, -0.1) is 0 Å². The molecule has 0 bridgehead atoms. The number of nitrogens with one attached hydrogen (secondary N) is 1. The number of rotatable bonds is 6. The van der Waals surface area contributed by atoms with Crippen molar-refractivity contribution in [1.82, 2.24) is 10.2 Å². The Hall–Kier alpha value is -1.20. The van der Waals surface area contributed by atoms with Crippen LogP contribution < -0.4 is 5.32 Å². The average molecular weight is 330 g/mol. The molecule has 24 heavy (non-hydrogen) atoms. The van der Waals surface area contributed by atoms with E-state index in [0.29, 0.717) is 12.1 Å². The molecule has 2 fully saturated rings. The number of ether oxygens (including phenoxy) is 1. The van der Waals surface area contributed by atoms with Crippen LogP contribution in [-0.2, 0) is 4.74 Å². The van der Waals surface area contributed by atoms with Crippen LogP contribution in [0.4, 0.5) is 0 Å². The highest BCUT2D eigenvalue weighted by Gasteiger charge is 2.35. The Kier molecular flexibility index (Phi) is 6.44. The monoisotopic (exact) mass is 330 g/mol. The van der Waals surface area contributed by atoms with E-state index in [0.717, 1.165) is 52.1 Å². The van der Waals surface area contributed by atoms with Crippen molar-refractivity contribution in [2.45, 2.75) is 44.4 Å². The van der Waals surface area contributed by atoms with Gasteiger partial charge in [0.05, 0.1) is 6.10 Å². The maximum atomic E-state index is 10.1. The van der Waals surface area contributed by atoms with E-state index in [1.807, 2.05) is 6.07 Å². The van der Waals surface area contributed by atoms with E-state index in [2.05, 4.69) is 47.5 Å². The number of likely N-dealkylation sites (tertiary alicyclic amines) is 1. The second kappa shape index (κ2) is 8.77. The van der Waals surface area contributed by atoms with Crippen molar-refractivity contribution in [2.75, 3.05) is 32.8 Å². The SMILES string of the molecule is CC(=Cc1ccccc1)CNCC1CC(O)CN1C1CCOCC1. The molecule has 2 atom stereocenters. The Morgan fingerprint density at radius 3 is 2.79 bits per heavy atom. The van der Waals surface area contributed by atoms with Gasteiger partial charge in [0.1, 0.15) is 0 Å². The third-order valence-electron chi connectivity index (χ3n) is 5.09. The minimum absolute atomic E-state index is 0.180. The molecule has 2 heterocycles. The molecule has 0 radical (unpaired) electrons. The smallest absolute Gasteiger partial charge is 0.0682 e. The molecule has 0 saturated carbocycles. The van der Waals surface area contributed by atoms with E-state index >= 15 is 0 Å². The van der Waals surface area contributed by atoms with Crippen LogP contribution in [0.3, 0.4) is 0 Å². The van der Waals surface area contributed by atoms with Gasteiger partial charge in [0.15, 0.2) is 0 Å². The number of β-amino-alcohol motifs (C(OH)–C–C–N with tert-alkyl or cyclic N) is 1. The minimum Gasteiger partial charge on any atom is -0.392 e. The first kappa shape index (κ1) is 17.6. The van der Waals surface area contributed by atoms with Gasteiger partial charge in [0.25, 0.3) is 0 Å². The topological polar surface area (TPSA) is 44.7 Å². The first-order valence-corrected chi connectivity index (χ1v) is 9.17. The van der Waals surface area contributed by atoms with E-state index < -0.39 is 0 Å². The Balaban J connectivity index is 1.48. The van der Waals surface area contributed by atoms with Crippen LogP contribution in [0.1, 0.15) is 31.7 Å². The summed E-state index contributed by atoms with van der Waals surface area (Å²) in [5.41, 5.74) is 2.58. The van der Waals surface area contributed by atoms with E-state index in [9.17, 15) is 5.11 Å². The first-order valence-electron chi connectivity index (χ1n) is 9.17. The highest BCUT2D eigenvalue weighted by molar-refractivity contribution is 5.52. The fourth-order valence-electron chi connectivity index (χ4n) is 3.90. The average Bonchev–Trinajstić information content (AvgIpc) is 2.97. The molecule has 4 nitrogen and oxygen atoms in total. The van der Waals surface area contributed by atoms with Crippen molar-refractivity contribution in [2.24, 2.45) is 0 Å². The number of hydrogen-bond donors (Lipinski definition) is 2. The highest BCUT2D eigenvalue weighted by atomic mass is 16.5. The number of aliphatic hydroxyl groups excluding tert-OH is 1. The second-order valence-corrected chi connectivity index (χ2v) is 7.12. The predicted octanol–water partition coefficient (Wildman–Crippen LogP) is 2.29. The van der Waals surface area contributed by atoms with E-state index in [4.69, 9.17) is 4.74 Å². The molecule has 3 rings (SSSR count). The number of aliphatic hydroxyl groups is 1. The molecule has 0 aromatic heterocycles. The van der Waals surface area contributed by atoms with Gasteiger partial charge in [-0.3, -0.25) is 4.90 Å². The minimum atomic E-state index is -0.180. The molecule has 2 aliphatic rings. The molecular formula is C20H30N2O2. The summed E-state index contributed by atoms with van der Waals surface area (Å²) >= 11 is 0. The van der Waals surface area contributed by atoms with Crippen LogP contribution in [-0.4, -0.2) is 61.0 Å². The second-order valence-electron chi connectivity index (χ2n) is 7.12. The van der Waals surface area contributed by atoms with Crippen LogP contribution in [0.2, 0.25) is 0 Å². The summed E-state index contributed by atoms with van der Waals surface area (Å²) in [4.78, 5) is 2.51. The van der Waals surface area contributed by atoms with Gasteiger partial charge in [-0.05, 0) is 31.7 Å². The van der Waals surface area contributed by atoms with E-state index in [-0.39, 0.29) is 6.10 Å². The van der Waals surface area contributed by atoms with Crippen molar-refractivity contribution in [3.63, 3.8) is 0 Å². The standard InChI is InChI=1S/C20H30N2O2/c1-16(11-17-5-3-2-4-6-17)13-21-14-19-12-20(23)15-22(19)18-7-9-24-10-8-18/h2-6,11,18-21,23H,7-10,12-15H2,1H3. The molecule has 2 aliphatic heterocycles. The molecule has 2 N–H and O–H groups in total. The van der Waals surface area contributed by atoms with Gasteiger partial charge < -0.3 is 15.2 Å². The van der Waals surface area contributed by atoms with Crippen molar-refractivity contribution in [1.29, 1.82) is 0 Å². The molecule has 0 amide bonds. The summed E-state index contributed by atoms with van der Waals surface area (Å²) < 4.78 is 5.48. The first-order chi connectivity index (χ1) is 11.7. The maximum absolute atomic E-state index is 10.1. The zero-order chi connectivity index (χ0) is 16.8. The Labute approximate surface area is 145 Å². The highest BCUT2D eigenvalue weighted by Crippen LogP contribution is 2.25. The number of nitrogens with zero attached hydrogens (tertiary/aromatic N) is 1. The van der Waals surface area contributed by atoms with Crippen LogP contribution in [0.15, 0.2) is 35.9 Å². The lowest BCUT2D eigenvalue weighted by Gasteiger charge is -2.35. The summed E-state index contributed by atoms with van der Waals surface area (Å²) in [6, 6.07) is 11.4. The quantitative estimate of drug-likeness (QED) is 0.840. The molecule has 1 aromatic rings. The molecular weight excluding hydrogens is 300 g/mol. The van der Waals surface area contributed by atoms with Gasteiger partial charge in [0.2, 0.25) is 0 Å². The zero-order valence-electron chi connectivity index (χ0n) is 14.7. The van der Waals surface area contributed by atoms with Gasteiger partial charge in [-0.1, -0.05) is 42.0 Å². The molecule has 0 aliphatic carbocycles. The molecule has 2 unspecified atom stereocenters. The predicted molar refractivity (Wildman–Crippen MR) is 97.9 cm³/mol. The fraction of sp³-hybridized carbons (Fsp3) is 0.600. The van der Waals surface area contributed by atoms with Crippen LogP contribution >= 0.6 is 0 Å². The Morgan fingerprint density at radius 2 is 2.04 bits per heavy atom. The van der Waals surface area contributed by atoms with Crippen LogP contribution in [0.25, 0.3) is 6.08 Å². The summed E-state index contributed by atoms with van der Waals surface area (Å²) in [7, 11) is 0.